The molecule has 1 aromatic carbocycles. The summed E-state index contributed by atoms with van der Waals surface area (Å²) in [4.78, 5) is 4.40. The third-order valence-electron chi connectivity index (χ3n) is 2.55. The molecule has 2 aromatic heterocycles. The fraction of sp³-hybridized carbons (Fsp3) is 0.167. The predicted octanol–water partition coefficient (Wildman–Crippen LogP) is 2.58. The van der Waals surface area contributed by atoms with Crippen LogP contribution < -0.4 is 0 Å². The monoisotopic (exact) mass is 213 g/mol. The van der Waals surface area contributed by atoms with E-state index in [1.807, 2.05) is 24.4 Å². The van der Waals surface area contributed by atoms with Crippen LogP contribution in [0.5, 0.6) is 0 Å². The van der Waals surface area contributed by atoms with Crippen LogP contribution in [0.25, 0.3) is 17.1 Å². The summed E-state index contributed by atoms with van der Waals surface area (Å²) in [5, 5.41) is 4.08. The molecule has 0 radical (unpaired) electrons. The van der Waals surface area contributed by atoms with Gasteiger partial charge in [-0.05, 0) is 30.2 Å². The highest BCUT2D eigenvalue weighted by Crippen LogP contribution is 2.19. The summed E-state index contributed by atoms with van der Waals surface area (Å²) in [5.74, 6) is 0. The molecular formula is C12H11N3O. The molecule has 4 nitrogen and oxygen atoms in total. The molecule has 0 spiro atoms. The minimum Gasteiger partial charge on any atom is -0.422 e. The zero-order valence-corrected chi connectivity index (χ0v) is 8.92. The van der Waals surface area contributed by atoms with Gasteiger partial charge in [-0.25, -0.2) is 0 Å². The van der Waals surface area contributed by atoms with E-state index in [2.05, 4.69) is 23.1 Å². The van der Waals surface area contributed by atoms with Crippen LogP contribution in [0.3, 0.4) is 0 Å². The zero-order chi connectivity index (χ0) is 11.0. The number of hydrogen-bond acceptors (Lipinski definition) is 3. The van der Waals surface area contributed by atoms with Crippen molar-refractivity contribution in [2.24, 2.45) is 0 Å². The fourth-order valence-electron chi connectivity index (χ4n) is 1.66. The van der Waals surface area contributed by atoms with Gasteiger partial charge in [-0.2, -0.15) is 14.8 Å². The molecule has 0 bridgehead atoms. The number of benzene rings is 1. The number of aromatic nitrogens is 3. The summed E-state index contributed by atoms with van der Waals surface area (Å²) in [6.07, 6.45) is 4.51. The summed E-state index contributed by atoms with van der Waals surface area (Å²) in [7, 11) is 0. The third kappa shape index (κ3) is 1.39. The van der Waals surface area contributed by atoms with Gasteiger partial charge in [-0.3, -0.25) is 0 Å². The highest BCUT2D eigenvalue weighted by Gasteiger charge is 2.07. The maximum Gasteiger partial charge on any atom is 0.323 e. The smallest absolute Gasteiger partial charge is 0.323 e. The maximum absolute atomic E-state index is 5.60. The van der Waals surface area contributed by atoms with Crippen LogP contribution in [0.1, 0.15) is 12.5 Å². The van der Waals surface area contributed by atoms with Crippen molar-refractivity contribution >= 4 is 11.1 Å². The molecule has 0 amide bonds. The number of aryl methyl sites for hydroxylation is 1. The van der Waals surface area contributed by atoms with Crippen LogP contribution in [0.2, 0.25) is 0 Å². The number of nitrogens with zero attached hydrogens (tertiary/aromatic N) is 3. The van der Waals surface area contributed by atoms with Crippen LogP contribution in [-0.2, 0) is 6.42 Å². The van der Waals surface area contributed by atoms with E-state index in [-0.39, 0.29) is 0 Å². The Kier molecular flexibility index (Phi) is 1.99. The van der Waals surface area contributed by atoms with Crippen molar-refractivity contribution in [3.05, 3.63) is 42.2 Å². The summed E-state index contributed by atoms with van der Waals surface area (Å²) in [6, 6.07) is 8.40. The van der Waals surface area contributed by atoms with E-state index in [1.54, 1.807) is 10.9 Å². The second-order valence-electron chi connectivity index (χ2n) is 3.60. The number of hydrogen-bond donors (Lipinski definition) is 0. The Morgan fingerprint density at radius 1 is 1.38 bits per heavy atom. The molecule has 0 aliphatic heterocycles. The first-order valence-corrected chi connectivity index (χ1v) is 5.26. The van der Waals surface area contributed by atoms with Gasteiger partial charge in [0, 0.05) is 12.4 Å². The summed E-state index contributed by atoms with van der Waals surface area (Å²) < 4.78 is 7.22. The van der Waals surface area contributed by atoms with Crippen LogP contribution in [0.15, 0.2) is 41.1 Å². The SMILES string of the molecule is CCc1ccc2oc(-n3cccn3)nc2c1. The van der Waals surface area contributed by atoms with Gasteiger partial charge in [0.25, 0.3) is 0 Å². The Bertz CT molecular complexity index is 610. The molecule has 0 unspecified atom stereocenters. The fourth-order valence-corrected chi connectivity index (χ4v) is 1.66. The van der Waals surface area contributed by atoms with Crippen LogP contribution >= 0.6 is 0 Å². The van der Waals surface area contributed by atoms with Crippen molar-refractivity contribution in [1.82, 2.24) is 14.8 Å². The van der Waals surface area contributed by atoms with Crippen molar-refractivity contribution < 1.29 is 4.42 Å². The molecular weight excluding hydrogens is 202 g/mol. The molecule has 16 heavy (non-hydrogen) atoms. The number of rotatable bonds is 2. The molecule has 0 aliphatic rings. The molecule has 3 rings (SSSR count). The Hall–Kier alpha value is -2.10. The Balaban J connectivity index is 2.16. The molecule has 0 saturated carbocycles. The van der Waals surface area contributed by atoms with Gasteiger partial charge >= 0.3 is 6.01 Å². The van der Waals surface area contributed by atoms with Gasteiger partial charge in [0.2, 0.25) is 0 Å². The van der Waals surface area contributed by atoms with Gasteiger partial charge in [0.05, 0.1) is 0 Å². The van der Waals surface area contributed by atoms with E-state index < -0.39 is 0 Å². The summed E-state index contributed by atoms with van der Waals surface area (Å²) in [6.45, 7) is 2.12. The largest absolute Gasteiger partial charge is 0.422 e. The molecule has 80 valence electrons. The average molecular weight is 213 g/mol. The lowest BCUT2D eigenvalue weighted by Gasteiger charge is -1.92. The van der Waals surface area contributed by atoms with E-state index >= 15 is 0 Å². The first-order valence-electron chi connectivity index (χ1n) is 5.26. The predicted molar refractivity (Wildman–Crippen MR) is 60.5 cm³/mol. The van der Waals surface area contributed by atoms with Crippen LogP contribution in [0, 0.1) is 0 Å². The van der Waals surface area contributed by atoms with Crippen molar-refractivity contribution in [2.45, 2.75) is 13.3 Å². The first kappa shape index (κ1) is 9.15. The lowest BCUT2D eigenvalue weighted by molar-refractivity contribution is 0.543. The Labute approximate surface area is 92.5 Å². The second kappa shape index (κ2) is 3.48. The number of oxazole rings is 1. The molecule has 0 aliphatic carbocycles. The molecule has 0 atom stereocenters. The Morgan fingerprint density at radius 3 is 3.06 bits per heavy atom. The average Bonchev–Trinajstić information content (AvgIpc) is 2.96. The van der Waals surface area contributed by atoms with E-state index in [0.717, 1.165) is 17.5 Å². The zero-order valence-electron chi connectivity index (χ0n) is 8.92. The first-order chi connectivity index (χ1) is 7.86. The molecule has 4 heteroatoms. The van der Waals surface area contributed by atoms with Gasteiger partial charge in [0.15, 0.2) is 5.58 Å². The van der Waals surface area contributed by atoms with Gasteiger partial charge in [0.1, 0.15) is 5.52 Å². The van der Waals surface area contributed by atoms with Crippen LogP contribution in [0.4, 0.5) is 0 Å². The molecule has 0 fully saturated rings. The van der Waals surface area contributed by atoms with Crippen molar-refractivity contribution in [2.75, 3.05) is 0 Å². The lowest BCUT2D eigenvalue weighted by Crippen LogP contribution is -1.93. The van der Waals surface area contributed by atoms with E-state index in [9.17, 15) is 0 Å². The quantitative estimate of drug-likeness (QED) is 0.657. The summed E-state index contributed by atoms with van der Waals surface area (Å²) in [5.41, 5.74) is 2.93. The van der Waals surface area contributed by atoms with E-state index in [1.165, 1.54) is 5.56 Å². The number of fused-ring (bicyclic) bond motifs is 1. The lowest BCUT2D eigenvalue weighted by atomic mass is 10.1. The van der Waals surface area contributed by atoms with Crippen LogP contribution in [-0.4, -0.2) is 14.8 Å². The van der Waals surface area contributed by atoms with Gasteiger partial charge < -0.3 is 4.42 Å². The minimum absolute atomic E-state index is 0.508. The van der Waals surface area contributed by atoms with Crippen molar-refractivity contribution in [1.29, 1.82) is 0 Å². The maximum atomic E-state index is 5.60. The van der Waals surface area contributed by atoms with E-state index in [4.69, 9.17) is 4.42 Å². The standard InChI is InChI=1S/C12H11N3O/c1-2-9-4-5-11-10(8-9)14-12(16-11)15-7-3-6-13-15/h3-8H,2H2,1H3. The van der Waals surface area contributed by atoms with E-state index in [0.29, 0.717) is 6.01 Å². The molecule has 0 saturated heterocycles. The minimum atomic E-state index is 0.508. The molecule has 3 aromatic rings. The normalized spacial score (nSPS) is 11.1. The summed E-state index contributed by atoms with van der Waals surface area (Å²) >= 11 is 0. The van der Waals surface area contributed by atoms with Crippen molar-refractivity contribution in [3.63, 3.8) is 0 Å². The highest BCUT2D eigenvalue weighted by molar-refractivity contribution is 5.74. The third-order valence-corrected chi connectivity index (χ3v) is 2.55. The highest BCUT2D eigenvalue weighted by atomic mass is 16.4. The Morgan fingerprint density at radius 2 is 2.31 bits per heavy atom. The van der Waals surface area contributed by atoms with Gasteiger partial charge in [-0.1, -0.05) is 13.0 Å². The van der Waals surface area contributed by atoms with Gasteiger partial charge in [-0.15, -0.1) is 0 Å². The molecule has 0 N–H and O–H groups in total. The molecule has 2 heterocycles. The van der Waals surface area contributed by atoms with Crippen molar-refractivity contribution in [3.8, 4) is 6.01 Å². The second-order valence-corrected chi connectivity index (χ2v) is 3.60. The topological polar surface area (TPSA) is 43.9 Å².